The van der Waals surface area contributed by atoms with E-state index < -0.39 is 12.1 Å². The van der Waals surface area contributed by atoms with Crippen molar-refractivity contribution in [3.8, 4) is 5.75 Å². The van der Waals surface area contributed by atoms with Crippen LogP contribution in [0.3, 0.4) is 0 Å². The van der Waals surface area contributed by atoms with Gasteiger partial charge in [0, 0.05) is 32.8 Å². The summed E-state index contributed by atoms with van der Waals surface area (Å²) < 4.78 is 57.2. The highest BCUT2D eigenvalue weighted by Crippen LogP contribution is 2.25. The molecule has 2 atom stereocenters. The van der Waals surface area contributed by atoms with Crippen molar-refractivity contribution in [1.29, 1.82) is 0 Å². The third-order valence-corrected chi connectivity index (χ3v) is 5.31. The number of alkyl halides is 3. The summed E-state index contributed by atoms with van der Waals surface area (Å²) in [5, 5.41) is 10.1. The van der Waals surface area contributed by atoms with Gasteiger partial charge >= 0.3 is 12.1 Å². The number of aliphatic carboxylic acids is 1. The number of benzene rings is 1. The first-order valence-electron chi connectivity index (χ1n) is 10.9. The zero-order valence-electron chi connectivity index (χ0n) is 18.6. The van der Waals surface area contributed by atoms with Crippen molar-refractivity contribution in [2.24, 2.45) is 0 Å². The number of fused-ring (bicyclic) bond motifs is 2. The summed E-state index contributed by atoms with van der Waals surface area (Å²) >= 11 is 0. The molecule has 35 heavy (non-hydrogen) atoms. The van der Waals surface area contributed by atoms with Crippen molar-refractivity contribution in [3.63, 3.8) is 0 Å². The van der Waals surface area contributed by atoms with E-state index >= 15 is 0 Å². The number of para-hydroxylation sites is 1. The number of halogens is 4. The minimum absolute atomic E-state index is 0.0870. The summed E-state index contributed by atoms with van der Waals surface area (Å²) in [6.45, 7) is 3.21. The molecule has 2 aliphatic rings. The van der Waals surface area contributed by atoms with E-state index in [4.69, 9.17) is 19.4 Å². The Labute approximate surface area is 198 Å². The Morgan fingerprint density at radius 2 is 1.86 bits per heavy atom. The van der Waals surface area contributed by atoms with Gasteiger partial charge in [0.05, 0.1) is 17.5 Å². The third kappa shape index (κ3) is 7.89. The maximum atomic E-state index is 13.1. The number of aromatic nitrogens is 1. The van der Waals surface area contributed by atoms with Gasteiger partial charge in [0.15, 0.2) is 0 Å². The zero-order valence-corrected chi connectivity index (χ0v) is 18.6. The van der Waals surface area contributed by atoms with Crippen LogP contribution in [0.1, 0.15) is 28.9 Å². The number of amides is 1. The Bertz CT molecular complexity index is 1000. The van der Waals surface area contributed by atoms with Crippen LogP contribution in [-0.4, -0.2) is 71.5 Å². The number of nitrogens with one attached hydrogen (secondary N) is 1. The minimum Gasteiger partial charge on any atom is -0.485 e. The molecule has 1 aromatic heterocycles. The molecule has 3 heterocycles. The fourth-order valence-corrected chi connectivity index (χ4v) is 3.63. The van der Waals surface area contributed by atoms with Gasteiger partial charge in [-0.2, -0.15) is 13.2 Å². The van der Waals surface area contributed by atoms with Gasteiger partial charge in [0.2, 0.25) is 0 Å². The van der Waals surface area contributed by atoms with Gasteiger partial charge in [-0.15, -0.1) is 0 Å². The number of ether oxygens (including phenoxy) is 2. The van der Waals surface area contributed by atoms with Crippen molar-refractivity contribution in [2.75, 3.05) is 26.2 Å². The van der Waals surface area contributed by atoms with E-state index in [1.54, 1.807) is 12.1 Å². The topological polar surface area (TPSA) is 101 Å². The number of carbonyl (C=O) groups is 2. The van der Waals surface area contributed by atoms with Crippen molar-refractivity contribution in [1.82, 2.24) is 15.2 Å². The van der Waals surface area contributed by atoms with Gasteiger partial charge in [-0.05, 0) is 37.1 Å². The monoisotopic (exact) mass is 499 g/mol. The SMILES string of the molecule is O=C(O)C(F)(F)F.O=C1NCCCCO[C@H]2CN(Cc3ccc(F)cn3)C[C@H]2Oc2ccccc21. The van der Waals surface area contributed by atoms with Gasteiger partial charge in [-0.25, -0.2) is 9.18 Å². The van der Waals surface area contributed by atoms with Crippen molar-refractivity contribution >= 4 is 11.9 Å². The summed E-state index contributed by atoms with van der Waals surface area (Å²) in [6.07, 6.45) is -2.37. The highest BCUT2D eigenvalue weighted by molar-refractivity contribution is 5.96. The molecule has 1 fully saturated rings. The van der Waals surface area contributed by atoms with E-state index in [1.165, 1.54) is 12.3 Å². The number of carboxylic acid groups (broad SMARTS) is 1. The van der Waals surface area contributed by atoms with E-state index in [9.17, 15) is 22.4 Å². The van der Waals surface area contributed by atoms with Gasteiger partial charge < -0.3 is 19.9 Å². The highest BCUT2D eigenvalue weighted by Gasteiger charge is 2.38. The van der Waals surface area contributed by atoms with Crippen molar-refractivity contribution < 1.29 is 41.7 Å². The van der Waals surface area contributed by atoms with Crippen LogP contribution in [0.2, 0.25) is 0 Å². The molecule has 1 amide bonds. The number of carboxylic acids is 1. The number of likely N-dealkylation sites (tertiary alicyclic amines) is 1. The minimum atomic E-state index is -5.08. The molecule has 12 heteroatoms. The molecule has 1 saturated heterocycles. The normalized spacial score (nSPS) is 21.1. The summed E-state index contributed by atoms with van der Waals surface area (Å²) in [4.78, 5) is 27.7. The maximum Gasteiger partial charge on any atom is 0.490 e. The second-order valence-corrected chi connectivity index (χ2v) is 7.99. The van der Waals surface area contributed by atoms with Gasteiger partial charge in [0.25, 0.3) is 5.91 Å². The molecule has 0 spiro atoms. The maximum absolute atomic E-state index is 13.1. The second-order valence-electron chi connectivity index (χ2n) is 7.99. The van der Waals surface area contributed by atoms with Crippen LogP contribution >= 0.6 is 0 Å². The Hall–Kier alpha value is -3.25. The quantitative estimate of drug-likeness (QED) is 0.613. The Balaban J connectivity index is 0.000000429. The number of hydrogen-bond acceptors (Lipinski definition) is 6. The fraction of sp³-hybridized carbons (Fsp3) is 0.435. The third-order valence-electron chi connectivity index (χ3n) is 5.31. The molecule has 0 unspecified atom stereocenters. The lowest BCUT2D eigenvalue weighted by Crippen LogP contribution is -2.34. The summed E-state index contributed by atoms with van der Waals surface area (Å²) in [7, 11) is 0. The summed E-state index contributed by atoms with van der Waals surface area (Å²) in [5.41, 5.74) is 1.35. The Morgan fingerprint density at radius 3 is 2.54 bits per heavy atom. The molecule has 0 bridgehead atoms. The summed E-state index contributed by atoms with van der Waals surface area (Å²) in [5.74, 6) is -2.64. The van der Waals surface area contributed by atoms with Gasteiger partial charge in [-0.1, -0.05) is 12.1 Å². The second kappa shape index (κ2) is 11.9. The van der Waals surface area contributed by atoms with Gasteiger partial charge in [-0.3, -0.25) is 14.7 Å². The number of rotatable bonds is 2. The largest absolute Gasteiger partial charge is 0.490 e. The van der Waals surface area contributed by atoms with Crippen LogP contribution in [0.5, 0.6) is 5.75 Å². The standard InChI is InChI=1S/C21H24FN3O3.C2HF3O2/c22-15-7-8-16(24-11-15)12-25-13-19-20(14-25)28-18-6-2-1-5-17(18)21(26)23-9-3-4-10-27-19;3-2(4,5)1(6)7/h1-2,5-8,11,19-20H,3-4,9-10,12-14H2,(H,23,26);(H,6,7)/t19-,20+;/m0./s1. The van der Waals surface area contributed by atoms with Crippen LogP contribution < -0.4 is 10.1 Å². The first kappa shape index (κ1) is 26.4. The lowest BCUT2D eigenvalue weighted by atomic mass is 10.1. The first-order chi connectivity index (χ1) is 16.6. The zero-order chi connectivity index (χ0) is 25.4. The molecule has 2 aromatic rings. The van der Waals surface area contributed by atoms with Crippen LogP contribution in [0.15, 0.2) is 42.6 Å². The molecule has 4 rings (SSSR count). The average Bonchev–Trinajstić information content (AvgIpc) is 3.17. The lowest BCUT2D eigenvalue weighted by Gasteiger charge is -2.23. The van der Waals surface area contributed by atoms with Crippen LogP contribution in [0.4, 0.5) is 17.6 Å². The molecular formula is C23H25F4N3O5. The number of nitrogens with zero attached hydrogens (tertiary/aromatic N) is 2. The molecule has 2 N–H and O–H groups in total. The summed E-state index contributed by atoms with van der Waals surface area (Å²) in [6, 6.07) is 10.4. The Kier molecular flexibility index (Phi) is 8.99. The molecular weight excluding hydrogens is 474 g/mol. The highest BCUT2D eigenvalue weighted by atomic mass is 19.4. The average molecular weight is 499 g/mol. The van der Waals surface area contributed by atoms with E-state index in [2.05, 4.69) is 15.2 Å². The molecule has 2 aliphatic heterocycles. The molecule has 0 aliphatic carbocycles. The van der Waals surface area contributed by atoms with Crippen molar-refractivity contribution in [2.45, 2.75) is 37.8 Å². The Morgan fingerprint density at radius 1 is 1.14 bits per heavy atom. The fourth-order valence-electron chi connectivity index (χ4n) is 3.63. The molecule has 1 aromatic carbocycles. The van der Waals surface area contributed by atoms with E-state index in [-0.39, 0.29) is 23.9 Å². The predicted molar refractivity (Wildman–Crippen MR) is 115 cm³/mol. The van der Waals surface area contributed by atoms with Gasteiger partial charge in [0.1, 0.15) is 23.8 Å². The van der Waals surface area contributed by atoms with E-state index in [1.807, 2.05) is 18.2 Å². The lowest BCUT2D eigenvalue weighted by molar-refractivity contribution is -0.192. The number of hydrogen-bond donors (Lipinski definition) is 2. The molecule has 8 nitrogen and oxygen atoms in total. The molecule has 0 saturated carbocycles. The van der Waals surface area contributed by atoms with Crippen LogP contribution in [-0.2, 0) is 16.1 Å². The van der Waals surface area contributed by atoms with Crippen molar-refractivity contribution in [3.05, 3.63) is 59.7 Å². The van der Waals surface area contributed by atoms with E-state index in [0.29, 0.717) is 44.1 Å². The first-order valence-corrected chi connectivity index (χ1v) is 10.9. The van der Waals surface area contributed by atoms with E-state index in [0.717, 1.165) is 18.5 Å². The molecule has 190 valence electrons. The molecule has 0 radical (unpaired) electrons. The predicted octanol–water partition coefficient (Wildman–Crippen LogP) is 3.03. The van der Waals surface area contributed by atoms with Crippen LogP contribution in [0, 0.1) is 5.82 Å². The number of carbonyl (C=O) groups excluding carboxylic acids is 1. The number of pyridine rings is 1. The smallest absolute Gasteiger partial charge is 0.485 e. The van der Waals surface area contributed by atoms with Crippen LogP contribution in [0.25, 0.3) is 0 Å².